The average Bonchev–Trinajstić information content (AvgIpc) is 2.29. The van der Waals surface area contributed by atoms with E-state index in [0.717, 1.165) is 0 Å². The molecule has 0 aliphatic carbocycles. The molecule has 0 unspecified atom stereocenters. The third-order valence-electron chi connectivity index (χ3n) is 1.47. The minimum Gasteiger partial charge on any atom is -0.467 e. The topological polar surface area (TPSA) is 44.8 Å². The van der Waals surface area contributed by atoms with Crippen LogP contribution in [0.15, 0.2) is 0 Å². The Labute approximate surface area is 65.4 Å². The Bertz CT molecular complexity index is 164. The van der Waals surface area contributed by atoms with E-state index in [0.29, 0.717) is 0 Å². The third-order valence-corrected chi connectivity index (χ3v) is 1.47. The Hall–Kier alpha value is -0.610. The Morgan fingerprint density at radius 3 is 2.64 bits per heavy atom. The van der Waals surface area contributed by atoms with Gasteiger partial charge in [-0.15, -0.1) is 0 Å². The molecule has 11 heavy (non-hydrogen) atoms. The molecule has 0 N–H and O–H groups in total. The minimum atomic E-state index is -0.654. The molecular formula is C7H12O4. The van der Waals surface area contributed by atoms with Gasteiger partial charge in [0.25, 0.3) is 0 Å². The summed E-state index contributed by atoms with van der Waals surface area (Å²) in [6.07, 6.45) is -0.560. The molecule has 64 valence electrons. The molecule has 1 heterocycles. The first-order chi connectivity index (χ1) is 5.05. The van der Waals surface area contributed by atoms with Gasteiger partial charge in [-0.25, -0.2) is 4.79 Å². The lowest BCUT2D eigenvalue weighted by Gasteiger charge is -2.15. The molecule has 1 fully saturated rings. The first kappa shape index (κ1) is 8.49. The van der Waals surface area contributed by atoms with Gasteiger partial charge in [-0.1, -0.05) is 0 Å². The summed E-state index contributed by atoms with van der Waals surface area (Å²) in [6, 6.07) is 0. The van der Waals surface area contributed by atoms with Crippen molar-refractivity contribution in [1.29, 1.82) is 0 Å². The fourth-order valence-corrected chi connectivity index (χ4v) is 0.935. The maximum Gasteiger partial charge on any atom is 0.337 e. The van der Waals surface area contributed by atoms with Crippen molar-refractivity contribution in [2.45, 2.75) is 25.7 Å². The van der Waals surface area contributed by atoms with Crippen LogP contribution >= 0.6 is 0 Å². The number of rotatable bonds is 1. The minimum absolute atomic E-state index is 0.277. The van der Waals surface area contributed by atoms with Crippen molar-refractivity contribution >= 4 is 5.97 Å². The number of hydrogen-bond donors (Lipinski definition) is 0. The molecule has 4 heteroatoms. The van der Waals surface area contributed by atoms with E-state index in [4.69, 9.17) is 9.47 Å². The lowest BCUT2D eigenvalue weighted by Crippen LogP contribution is -2.27. The van der Waals surface area contributed by atoms with Crippen molar-refractivity contribution in [2.75, 3.05) is 13.7 Å². The lowest BCUT2D eigenvalue weighted by atomic mass is 10.4. The van der Waals surface area contributed by atoms with Gasteiger partial charge in [0.15, 0.2) is 11.9 Å². The van der Waals surface area contributed by atoms with Crippen molar-refractivity contribution in [3.05, 3.63) is 0 Å². The van der Waals surface area contributed by atoms with Crippen LogP contribution in [-0.4, -0.2) is 31.6 Å². The Morgan fingerprint density at radius 1 is 1.64 bits per heavy atom. The zero-order chi connectivity index (χ0) is 8.48. The largest absolute Gasteiger partial charge is 0.467 e. The molecule has 0 spiro atoms. The molecule has 0 saturated carbocycles. The van der Waals surface area contributed by atoms with Crippen LogP contribution in [0.5, 0.6) is 0 Å². The molecule has 1 saturated heterocycles. The molecule has 0 aromatic rings. The van der Waals surface area contributed by atoms with Gasteiger partial charge in [-0.05, 0) is 13.8 Å². The number of carbonyl (C=O) groups excluding carboxylic acids is 1. The SMILES string of the molecule is COC(=O)[C@@H]1[14CH2]OC(C)(C)O1. The van der Waals surface area contributed by atoms with E-state index in [-0.39, 0.29) is 12.6 Å². The van der Waals surface area contributed by atoms with E-state index >= 15 is 0 Å². The zero-order valence-corrected chi connectivity index (χ0v) is 6.92. The standard InChI is InChI=1S/C7H12O4/c1-7(2)10-4-5(11-7)6(8)9-3/h5H,4H2,1-3H3/t5-/m0/s1/i4+2. The van der Waals surface area contributed by atoms with Gasteiger partial charge in [0.05, 0.1) is 13.7 Å². The molecule has 1 aliphatic rings. The van der Waals surface area contributed by atoms with Crippen LogP contribution in [0.2, 0.25) is 0 Å². The molecule has 0 aromatic heterocycles. The molecule has 0 radical (unpaired) electrons. The van der Waals surface area contributed by atoms with Crippen molar-refractivity contribution in [1.82, 2.24) is 0 Å². The van der Waals surface area contributed by atoms with Crippen LogP contribution in [-0.2, 0) is 19.0 Å². The predicted octanol–water partition coefficient (Wildman–Crippen LogP) is 0.311. The summed E-state index contributed by atoms with van der Waals surface area (Å²) in [5, 5.41) is 0. The van der Waals surface area contributed by atoms with E-state index in [1.165, 1.54) is 7.11 Å². The third kappa shape index (κ3) is 1.91. The number of esters is 1. The molecule has 1 atom stereocenters. The summed E-state index contributed by atoms with van der Waals surface area (Å²) in [7, 11) is 1.33. The predicted molar refractivity (Wildman–Crippen MR) is 36.9 cm³/mol. The molecule has 1 rings (SSSR count). The number of methoxy groups -OCH3 is 1. The van der Waals surface area contributed by atoms with Crippen LogP contribution in [0, 0.1) is 0 Å². The normalized spacial score (nSPS) is 28.5. The van der Waals surface area contributed by atoms with E-state index < -0.39 is 11.9 Å². The van der Waals surface area contributed by atoms with Crippen molar-refractivity contribution in [2.24, 2.45) is 0 Å². The maximum atomic E-state index is 10.9. The Kier molecular flexibility index (Phi) is 2.15. The summed E-state index contributed by atoms with van der Waals surface area (Å²) in [6.45, 7) is 3.80. The van der Waals surface area contributed by atoms with Crippen LogP contribution < -0.4 is 0 Å². The van der Waals surface area contributed by atoms with Gasteiger partial charge in [-0.3, -0.25) is 0 Å². The molecule has 1 aliphatic heterocycles. The Morgan fingerprint density at radius 2 is 2.27 bits per heavy atom. The lowest BCUT2D eigenvalue weighted by molar-refractivity contribution is -0.167. The monoisotopic (exact) mass is 162 g/mol. The molecule has 4 nitrogen and oxygen atoms in total. The van der Waals surface area contributed by atoms with Gasteiger partial charge in [0.1, 0.15) is 0 Å². The summed E-state index contributed by atoms with van der Waals surface area (Å²) in [4.78, 5) is 10.9. The fourth-order valence-electron chi connectivity index (χ4n) is 0.935. The van der Waals surface area contributed by atoms with E-state index in [1.54, 1.807) is 13.8 Å². The maximum absolute atomic E-state index is 10.9. The summed E-state index contributed by atoms with van der Waals surface area (Å²) in [5.41, 5.74) is 0. The second-order valence-corrected chi connectivity index (χ2v) is 2.84. The van der Waals surface area contributed by atoms with Crippen LogP contribution in [0.1, 0.15) is 13.8 Å². The second kappa shape index (κ2) is 2.79. The molecule has 0 bridgehead atoms. The fraction of sp³-hybridized carbons (Fsp3) is 0.857. The Balaban J connectivity index is 2.48. The summed E-state index contributed by atoms with van der Waals surface area (Å²) < 4.78 is 14.8. The molecule has 0 amide bonds. The van der Waals surface area contributed by atoms with Crippen LogP contribution in [0.25, 0.3) is 0 Å². The quantitative estimate of drug-likeness (QED) is 0.520. The van der Waals surface area contributed by atoms with Gasteiger partial charge >= 0.3 is 5.97 Å². The van der Waals surface area contributed by atoms with Crippen LogP contribution in [0.3, 0.4) is 0 Å². The van der Waals surface area contributed by atoms with Crippen molar-refractivity contribution < 1.29 is 19.0 Å². The number of hydrogen-bond acceptors (Lipinski definition) is 4. The summed E-state index contributed by atoms with van der Waals surface area (Å²) >= 11 is 0. The van der Waals surface area contributed by atoms with E-state index in [2.05, 4.69) is 4.74 Å². The van der Waals surface area contributed by atoms with Gasteiger partial charge in [0, 0.05) is 0 Å². The first-order valence-electron chi connectivity index (χ1n) is 3.45. The van der Waals surface area contributed by atoms with Crippen molar-refractivity contribution in [3.63, 3.8) is 0 Å². The van der Waals surface area contributed by atoms with Gasteiger partial charge < -0.3 is 14.2 Å². The molecular weight excluding hydrogens is 150 g/mol. The van der Waals surface area contributed by atoms with Crippen LogP contribution in [0.4, 0.5) is 0 Å². The summed E-state index contributed by atoms with van der Waals surface area (Å²) in [5.74, 6) is -1.03. The highest BCUT2D eigenvalue weighted by Gasteiger charge is 2.37. The highest BCUT2D eigenvalue weighted by atomic mass is 16.9. The van der Waals surface area contributed by atoms with E-state index in [9.17, 15) is 4.79 Å². The highest BCUT2D eigenvalue weighted by molar-refractivity contribution is 5.74. The zero-order valence-electron chi connectivity index (χ0n) is 6.92. The molecule has 0 aromatic carbocycles. The van der Waals surface area contributed by atoms with Crippen molar-refractivity contribution in [3.8, 4) is 0 Å². The van der Waals surface area contributed by atoms with Gasteiger partial charge in [-0.2, -0.15) is 0 Å². The smallest absolute Gasteiger partial charge is 0.337 e. The average molecular weight is 162 g/mol. The van der Waals surface area contributed by atoms with Gasteiger partial charge in [0.2, 0.25) is 0 Å². The number of carbonyl (C=O) groups is 1. The second-order valence-electron chi connectivity index (χ2n) is 2.84. The number of ether oxygens (including phenoxy) is 3. The first-order valence-corrected chi connectivity index (χ1v) is 3.45. The highest BCUT2D eigenvalue weighted by Crippen LogP contribution is 2.22. The van der Waals surface area contributed by atoms with E-state index in [1.807, 2.05) is 0 Å².